The van der Waals surface area contributed by atoms with Gasteiger partial charge in [0.1, 0.15) is 11.7 Å². The summed E-state index contributed by atoms with van der Waals surface area (Å²) >= 11 is 0. The number of benzene rings is 2. The van der Waals surface area contributed by atoms with Crippen LogP contribution < -0.4 is 4.90 Å². The number of pyridine rings is 1. The third-order valence-electron chi connectivity index (χ3n) is 8.40. The van der Waals surface area contributed by atoms with Crippen LogP contribution in [0.15, 0.2) is 66.7 Å². The SMILES string of the molecule is CO[C@H]1CN(c2ccc(-c3ccc(C#C[C@@]4(O)CN5CCC4CC5)c(Cc4ccccc4)n3)cc2)C[C@H]1O. The molecular formula is C32H35N3O3. The molecule has 6 nitrogen and oxygen atoms in total. The summed E-state index contributed by atoms with van der Waals surface area (Å²) in [4.78, 5) is 9.54. The van der Waals surface area contributed by atoms with E-state index in [4.69, 9.17) is 9.72 Å². The molecule has 4 fully saturated rings. The summed E-state index contributed by atoms with van der Waals surface area (Å²) in [5.41, 5.74) is 5.01. The van der Waals surface area contributed by atoms with Crippen LogP contribution in [0, 0.1) is 17.8 Å². The van der Waals surface area contributed by atoms with E-state index in [1.54, 1.807) is 7.11 Å². The number of hydrogen-bond acceptors (Lipinski definition) is 6. The van der Waals surface area contributed by atoms with Crippen molar-refractivity contribution in [2.45, 2.75) is 37.1 Å². The van der Waals surface area contributed by atoms with Gasteiger partial charge >= 0.3 is 0 Å². The molecule has 0 radical (unpaired) electrons. The van der Waals surface area contributed by atoms with Gasteiger partial charge in [-0.05, 0) is 55.8 Å². The fraction of sp³-hybridized carbons (Fsp3) is 0.406. The zero-order valence-electron chi connectivity index (χ0n) is 21.9. The standard InChI is InChI=1S/C32H35N3O3/c1-38-31-21-35(20-30(31)36)27-10-7-24(8-11-27)28-12-9-25(29(33-28)19-23-5-3-2-4-6-23)13-16-32(37)22-34-17-14-26(32)15-18-34/h2-12,26,30-31,36-37H,14-15,17-22H2,1H3/t30-,31+,32-/m1/s1. The van der Waals surface area contributed by atoms with Gasteiger partial charge in [0.2, 0.25) is 0 Å². The molecule has 0 unspecified atom stereocenters. The Morgan fingerprint density at radius 3 is 2.42 bits per heavy atom. The van der Waals surface area contributed by atoms with Gasteiger partial charge in [0, 0.05) is 55.9 Å². The number of fused-ring (bicyclic) bond motifs is 3. The van der Waals surface area contributed by atoms with Crippen molar-refractivity contribution in [1.82, 2.24) is 9.88 Å². The molecule has 3 atom stereocenters. The molecule has 2 aromatic carbocycles. The van der Waals surface area contributed by atoms with Gasteiger partial charge in [0.05, 0.1) is 17.5 Å². The number of anilines is 1. The van der Waals surface area contributed by atoms with E-state index < -0.39 is 11.7 Å². The molecular weight excluding hydrogens is 474 g/mol. The van der Waals surface area contributed by atoms with E-state index in [1.165, 1.54) is 5.56 Å². The Hall–Kier alpha value is -3.21. The maximum absolute atomic E-state index is 11.3. The number of hydrogen-bond donors (Lipinski definition) is 2. The molecule has 196 valence electrons. The van der Waals surface area contributed by atoms with E-state index in [0.29, 0.717) is 26.1 Å². The van der Waals surface area contributed by atoms with E-state index in [0.717, 1.165) is 54.1 Å². The minimum absolute atomic E-state index is 0.162. The Morgan fingerprint density at radius 2 is 1.76 bits per heavy atom. The van der Waals surface area contributed by atoms with Crippen molar-refractivity contribution < 1.29 is 14.9 Å². The van der Waals surface area contributed by atoms with Crippen molar-refractivity contribution in [2.24, 2.45) is 5.92 Å². The maximum atomic E-state index is 11.3. The Balaban J connectivity index is 1.28. The highest BCUT2D eigenvalue weighted by molar-refractivity contribution is 5.65. The highest BCUT2D eigenvalue weighted by Crippen LogP contribution is 2.35. The molecule has 38 heavy (non-hydrogen) atoms. The van der Waals surface area contributed by atoms with Crippen LogP contribution in [0.3, 0.4) is 0 Å². The average molecular weight is 510 g/mol. The minimum Gasteiger partial charge on any atom is -0.388 e. The van der Waals surface area contributed by atoms with Crippen LogP contribution in [0.25, 0.3) is 11.3 Å². The first kappa shape index (κ1) is 25.1. The van der Waals surface area contributed by atoms with E-state index in [-0.39, 0.29) is 12.0 Å². The molecule has 0 aliphatic carbocycles. The summed E-state index contributed by atoms with van der Waals surface area (Å²) in [6.07, 6.45) is 2.06. The molecule has 2 N–H and O–H groups in total. The number of rotatable bonds is 5. The lowest BCUT2D eigenvalue weighted by atomic mass is 9.75. The van der Waals surface area contributed by atoms with Crippen molar-refractivity contribution >= 4 is 5.69 Å². The summed E-state index contributed by atoms with van der Waals surface area (Å²) in [5.74, 6) is 6.85. The summed E-state index contributed by atoms with van der Waals surface area (Å²) in [6.45, 7) is 4.00. The van der Waals surface area contributed by atoms with Gasteiger partial charge < -0.3 is 19.8 Å². The van der Waals surface area contributed by atoms with Crippen LogP contribution in [0.2, 0.25) is 0 Å². The molecule has 4 aliphatic heterocycles. The van der Waals surface area contributed by atoms with Crippen molar-refractivity contribution in [2.75, 3.05) is 44.7 Å². The molecule has 4 saturated heterocycles. The second kappa shape index (κ2) is 10.5. The third-order valence-corrected chi connectivity index (χ3v) is 8.40. The average Bonchev–Trinajstić information content (AvgIpc) is 3.34. The van der Waals surface area contributed by atoms with E-state index in [2.05, 4.69) is 58.0 Å². The topological polar surface area (TPSA) is 69.1 Å². The van der Waals surface area contributed by atoms with Crippen molar-refractivity contribution in [3.8, 4) is 23.1 Å². The number of nitrogens with zero attached hydrogens (tertiary/aromatic N) is 3. The molecule has 4 aliphatic rings. The predicted molar refractivity (Wildman–Crippen MR) is 149 cm³/mol. The van der Waals surface area contributed by atoms with Gasteiger partial charge in [-0.3, -0.25) is 9.88 Å². The van der Waals surface area contributed by atoms with Gasteiger partial charge in [-0.1, -0.05) is 54.3 Å². The van der Waals surface area contributed by atoms with Crippen LogP contribution in [-0.2, 0) is 11.2 Å². The first-order chi connectivity index (χ1) is 18.5. The van der Waals surface area contributed by atoms with Gasteiger partial charge in [-0.25, -0.2) is 0 Å². The predicted octanol–water partition coefficient (Wildman–Crippen LogP) is 3.34. The van der Waals surface area contributed by atoms with Gasteiger partial charge in [-0.2, -0.15) is 0 Å². The molecule has 0 spiro atoms. The quantitative estimate of drug-likeness (QED) is 0.515. The lowest BCUT2D eigenvalue weighted by Crippen LogP contribution is -2.58. The molecule has 5 heterocycles. The third kappa shape index (κ3) is 5.08. The van der Waals surface area contributed by atoms with Crippen LogP contribution >= 0.6 is 0 Å². The molecule has 0 amide bonds. The second-order valence-electron chi connectivity index (χ2n) is 10.9. The van der Waals surface area contributed by atoms with Crippen LogP contribution in [0.1, 0.15) is 29.7 Å². The Morgan fingerprint density at radius 1 is 1.00 bits per heavy atom. The number of aliphatic hydroxyl groups excluding tert-OH is 1. The number of β-amino-alcohol motifs (C(OH)–C–C–N with tert-alkyl or cyclic N) is 1. The van der Waals surface area contributed by atoms with Crippen LogP contribution in [0.4, 0.5) is 5.69 Å². The number of aromatic nitrogens is 1. The lowest BCUT2D eigenvalue weighted by molar-refractivity contribution is -0.0713. The fourth-order valence-electron chi connectivity index (χ4n) is 6.10. The Labute approximate surface area is 224 Å². The second-order valence-corrected chi connectivity index (χ2v) is 10.9. The number of methoxy groups -OCH3 is 1. The van der Waals surface area contributed by atoms with Gasteiger partial charge in [0.25, 0.3) is 0 Å². The normalized spacial score (nSPS) is 28.2. The molecule has 3 aromatic rings. The number of ether oxygens (including phenoxy) is 1. The maximum Gasteiger partial charge on any atom is 0.141 e. The molecule has 1 aromatic heterocycles. The first-order valence-electron chi connectivity index (χ1n) is 13.6. The fourth-order valence-corrected chi connectivity index (χ4v) is 6.10. The molecule has 7 rings (SSSR count). The van der Waals surface area contributed by atoms with E-state index in [1.807, 2.05) is 30.3 Å². The van der Waals surface area contributed by atoms with Crippen molar-refractivity contribution in [3.63, 3.8) is 0 Å². The Kier molecular flexibility index (Phi) is 6.94. The smallest absolute Gasteiger partial charge is 0.141 e. The van der Waals surface area contributed by atoms with Crippen molar-refractivity contribution in [1.29, 1.82) is 0 Å². The summed E-state index contributed by atoms with van der Waals surface area (Å²) in [6, 6.07) is 22.7. The van der Waals surface area contributed by atoms with Crippen LogP contribution in [-0.4, -0.2) is 77.7 Å². The van der Waals surface area contributed by atoms with E-state index in [9.17, 15) is 10.2 Å². The summed E-state index contributed by atoms with van der Waals surface area (Å²) in [5, 5.41) is 21.5. The minimum atomic E-state index is -0.944. The zero-order valence-corrected chi connectivity index (χ0v) is 21.9. The molecule has 0 saturated carbocycles. The van der Waals surface area contributed by atoms with Gasteiger partial charge in [0.15, 0.2) is 0 Å². The highest BCUT2D eigenvalue weighted by Gasteiger charge is 2.44. The highest BCUT2D eigenvalue weighted by atomic mass is 16.5. The molecule has 6 heteroatoms. The van der Waals surface area contributed by atoms with Gasteiger partial charge in [-0.15, -0.1) is 0 Å². The van der Waals surface area contributed by atoms with Crippen LogP contribution in [0.5, 0.6) is 0 Å². The lowest BCUT2D eigenvalue weighted by Gasteiger charge is -2.47. The zero-order chi connectivity index (χ0) is 26.1. The largest absolute Gasteiger partial charge is 0.388 e. The van der Waals surface area contributed by atoms with Crippen molar-refractivity contribution in [3.05, 3.63) is 83.6 Å². The summed E-state index contributed by atoms with van der Waals surface area (Å²) < 4.78 is 5.39. The summed E-state index contributed by atoms with van der Waals surface area (Å²) in [7, 11) is 1.64. The number of piperidine rings is 3. The number of aliphatic hydroxyl groups is 2. The molecule has 2 bridgehead atoms. The van der Waals surface area contributed by atoms with E-state index >= 15 is 0 Å². The monoisotopic (exact) mass is 509 g/mol. The first-order valence-corrected chi connectivity index (χ1v) is 13.6. The Bertz CT molecular complexity index is 1330.